The molecule has 0 fully saturated rings. The Bertz CT molecular complexity index is 520. The molecule has 19 heavy (non-hydrogen) atoms. The third-order valence-electron chi connectivity index (χ3n) is 3.20. The van der Waals surface area contributed by atoms with E-state index in [1.807, 2.05) is 61.2 Å². The minimum atomic E-state index is -0.940. The largest absolute Gasteiger partial charge is 0.381 e. The standard InChI is InChI=1S/C17H20OS/c1-3-12-19-16-11-7-10-15(13-16)17(2,18)14-8-5-4-6-9-14/h4-11,13,18H,3,12H2,1-2H3. The Morgan fingerprint density at radius 1 is 1.00 bits per heavy atom. The predicted molar refractivity (Wildman–Crippen MR) is 82.6 cm³/mol. The monoisotopic (exact) mass is 272 g/mol. The molecule has 0 aliphatic carbocycles. The van der Waals surface area contributed by atoms with E-state index >= 15 is 0 Å². The fourth-order valence-electron chi connectivity index (χ4n) is 2.04. The molecule has 1 N–H and O–H groups in total. The second-order valence-electron chi connectivity index (χ2n) is 4.81. The zero-order valence-corrected chi connectivity index (χ0v) is 12.3. The van der Waals surface area contributed by atoms with Gasteiger partial charge in [0.05, 0.1) is 0 Å². The van der Waals surface area contributed by atoms with E-state index in [-0.39, 0.29) is 0 Å². The van der Waals surface area contributed by atoms with E-state index in [1.54, 1.807) is 0 Å². The maximum Gasteiger partial charge on any atom is 0.112 e. The van der Waals surface area contributed by atoms with E-state index in [0.717, 1.165) is 23.3 Å². The molecule has 0 bridgehead atoms. The Labute approximate surface area is 119 Å². The van der Waals surface area contributed by atoms with Gasteiger partial charge in [0.15, 0.2) is 0 Å². The van der Waals surface area contributed by atoms with E-state index in [1.165, 1.54) is 4.90 Å². The lowest BCUT2D eigenvalue weighted by Gasteiger charge is -2.25. The van der Waals surface area contributed by atoms with Crippen molar-refractivity contribution in [3.05, 3.63) is 65.7 Å². The van der Waals surface area contributed by atoms with Crippen LogP contribution in [0.1, 0.15) is 31.4 Å². The first-order valence-corrected chi connectivity index (χ1v) is 7.64. The molecule has 2 aromatic rings. The maximum atomic E-state index is 10.8. The number of hydrogen-bond donors (Lipinski definition) is 1. The lowest BCUT2D eigenvalue weighted by molar-refractivity contribution is 0.102. The Morgan fingerprint density at radius 2 is 1.68 bits per heavy atom. The molecule has 2 aromatic carbocycles. The van der Waals surface area contributed by atoms with Gasteiger partial charge < -0.3 is 5.11 Å². The summed E-state index contributed by atoms with van der Waals surface area (Å²) in [6.45, 7) is 4.03. The summed E-state index contributed by atoms with van der Waals surface area (Å²) in [7, 11) is 0. The quantitative estimate of drug-likeness (QED) is 0.812. The zero-order valence-electron chi connectivity index (χ0n) is 11.5. The van der Waals surface area contributed by atoms with Crippen molar-refractivity contribution in [1.82, 2.24) is 0 Å². The number of rotatable bonds is 5. The summed E-state index contributed by atoms with van der Waals surface area (Å²) in [5.41, 5.74) is 0.928. The molecule has 100 valence electrons. The highest BCUT2D eigenvalue weighted by molar-refractivity contribution is 7.99. The average Bonchev–Trinajstić information content (AvgIpc) is 2.46. The van der Waals surface area contributed by atoms with Crippen LogP contribution in [-0.2, 0) is 5.60 Å². The summed E-state index contributed by atoms with van der Waals surface area (Å²) in [5.74, 6) is 1.11. The van der Waals surface area contributed by atoms with Gasteiger partial charge in [0.2, 0.25) is 0 Å². The zero-order chi connectivity index (χ0) is 13.7. The van der Waals surface area contributed by atoms with Crippen LogP contribution in [0.2, 0.25) is 0 Å². The van der Waals surface area contributed by atoms with Gasteiger partial charge in [-0.1, -0.05) is 49.4 Å². The second-order valence-corrected chi connectivity index (χ2v) is 5.98. The van der Waals surface area contributed by atoms with Gasteiger partial charge in [-0.2, -0.15) is 0 Å². The lowest BCUT2D eigenvalue weighted by atomic mass is 9.88. The van der Waals surface area contributed by atoms with Crippen LogP contribution in [0, 0.1) is 0 Å². The van der Waals surface area contributed by atoms with Crippen molar-refractivity contribution in [2.24, 2.45) is 0 Å². The molecule has 0 saturated carbocycles. The average molecular weight is 272 g/mol. The van der Waals surface area contributed by atoms with Gasteiger partial charge in [0, 0.05) is 4.90 Å². The van der Waals surface area contributed by atoms with Crippen LogP contribution in [-0.4, -0.2) is 10.9 Å². The Kier molecular flexibility index (Phi) is 4.67. The van der Waals surface area contributed by atoms with E-state index in [2.05, 4.69) is 19.1 Å². The first-order valence-electron chi connectivity index (χ1n) is 6.66. The summed E-state index contributed by atoms with van der Waals surface area (Å²) in [6, 6.07) is 18.0. The first-order chi connectivity index (χ1) is 9.14. The summed E-state index contributed by atoms with van der Waals surface area (Å²) in [5, 5.41) is 10.8. The lowest BCUT2D eigenvalue weighted by Crippen LogP contribution is -2.22. The summed E-state index contributed by atoms with van der Waals surface area (Å²) in [6.07, 6.45) is 1.16. The third kappa shape index (κ3) is 3.40. The molecule has 1 nitrogen and oxygen atoms in total. The molecule has 0 saturated heterocycles. The third-order valence-corrected chi connectivity index (χ3v) is 4.40. The van der Waals surface area contributed by atoms with Gasteiger partial charge in [-0.25, -0.2) is 0 Å². The van der Waals surface area contributed by atoms with Crippen LogP contribution in [0.15, 0.2) is 59.5 Å². The van der Waals surface area contributed by atoms with Crippen molar-refractivity contribution < 1.29 is 5.11 Å². The highest BCUT2D eigenvalue weighted by Crippen LogP contribution is 2.31. The van der Waals surface area contributed by atoms with E-state index < -0.39 is 5.60 Å². The molecular weight excluding hydrogens is 252 g/mol. The Morgan fingerprint density at radius 3 is 2.37 bits per heavy atom. The molecule has 0 aliphatic rings. The number of thioether (sulfide) groups is 1. The molecule has 2 heteroatoms. The summed E-state index contributed by atoms with van der Waals surface area (Å²) < 4.78 is 0. The fourth-order valence-corrected chi connectivity index (χ4v) is 2.86. The normalized spacial score (nSPS) is 14.1. The number of benzene rings is 2. The van der Waals surface area contributed by atoms with Gasteiger partial charge in [-0.15, -0.1) is 11.8 Å². The molecule has 0 aromatic heterocycles. The number of hydrogen-bond acceptors (Lipinski definition) is 2. The van der Waals surface area contributed by atoms with Crippen molar-refractivity contribution in [1.29, 1.82) is 0 Å². The highest BCUT2D eigenvalue weighted by atomic mass is 32.2. The Hall–Kier alpha value is -1.25. The van der Waals surface area contributed by atoms with Crippen molar-refractivity contribution in [3.63, 3.8) is 0 Å². The maximum absolute atomic E-state index is 10.8. The van der Waals surface area contributed by atoms with Gasteiger partial charge in [0.25, 0.3) is 0 Å². The van der Waals surface area contributed by atoms with Gasteiger partial charge in [-0.3, -0.25) is 0 Å². The van der Waals surface area contributed by atoms with Crippen LogP contribution < -0.4 is 0 Å². The molecule has 1 unspecified atom stereocenters. The molecule has 0 aliphatic heterocycles. The summed E-state index contributed by atoms with van der Waals surface area (Å²) in [4.78, 5) is 1.22. The van der Waals surface area contributed by atoms with Crippen LogP contribution in [0.5, 0.6) is 0 Å². The highest BCUT2D eigenvalue weighted by Gasteiger charge is 2.25. The Balaban J connectivity index is 2.30. The van der Waals surface area contributed by atoms with Crippen LogP contribution in [0.3, 0.4) is 0 Å². The molecular formula is C17H20OS. The van der Waals surface area contributed by atoms with E-state index in [4.69, 9.17) is 0 Å². The van der Waals surface area contributed by atoms with Crippen molar-refractivity contribution >= 4 is 11.8 Å². The minimum Gasteiger partial charge on any atom is -0.381 e. The molecule has 0 amide bonds. The van der Waals surface area contributed by atoms with Crippen molar-refractivity contribution in [3.8, 4) is 0 Å². The topological polar surface area (TPSA) is 20.2 Å². The van der Waals surface area contributed by atoms with Crippen molar-refractivity contribution in [2.45, 2.75) is 30.8 Å². The minimum absolute atomic E-state index is 0.924. The van der Waals surface area contributed by atoms with Crippen LogP contribution in [0.25, 0.3) is 0 Å². The second kappa shape index (κ2) is 6.27. The van der Waals surface area contributed by atoms with E-state index in [9.17, 15) is 5.11 Å². The van der Waals surface area contributed by atoms with Crippen LogP contribution in [0.4, 0.5) is 0 Å². The fraction of sp³-hybridized carbons (Fsp3) is 0.294. The van der Waals surface area contributed by atoms with Crippen molar-refractivity contribution in [2.75, 3.05) is 5.75 Å². The smallest absolute Gasteiger partial charge is 0.112 e. The summed E-state index contributed by atoms with van der Waals surface area (Å²) >= 11 is 1.83. The predicted octanol–water partition coefficient (Wildman–Crippen LogP) is 4.44. The molecule has 1 atom stereocenters. The SMILES string of the molecule is CCCSc1cccc(C(C)(O)c2ccccc2)c1. The van der Waals surface area contributed by atoms with Gasteiger partial charge in [-0.05, 0) is 42.4 Å². The molecule has 0 spiro atoms. The van der Waals surface area contributed by atoms with Crippen LogP contribution >= 0.6 is 11.8 Å². The molecule has 0 radical (unpaired) electrons. The van der Waals surface area contributed by atoms with Gasteiger partial charge in [0.1, 0.15) is 5.60 Å². The molecule has 2 rings (SSSR count). The molecule has 0 heterocycles. The van der Waals surface area contributed by atoms with E-state index in [0.29, 0.717) is 0 Å². The first kappa shape index (κ1) is 14.2. The number of aliphatic hydroxyl groups is 1. The van der Waals surface area contributed by atoms with Gasteiger partial charge >= 0.3 is 0 Å².